The second kappa shape index (κ2) is 7.37. The molecule has 140 valence electrons. The van der Waals surface area contributed by atoms with Crippen molar-refractivity contribution in [2.75, 3.05) is 5.32 Å². The highest BCUT2D eigenvalue weighted by Gasteiger charge is 2.13. The van der Waals surface area contributed by atoms with Gasteiger partial charge in [0.1, 0.15) is 5.01 Å². The van der Waals surface area contributed by atoms with Crippen LogP contribution in [0, 0.1) is 0 Å². The van der Waals surface area contributed by atoms with Crippen LogP contribution in [0.15, 0.2) is 90.4 Å². The Kier molecular flexibility index (Phi) is 4.42. The summed E-state index contributed by atoms with van der Waals surface area (Å²) in [6, 6.07) is 25.7. The molecule has 2 aromatic heterocycles. The van der Waals surface area contributed by atoms with Crippen LogP contribution >= 0.6 is 11.3 Å². The zero-order valence-electron chi connectivity index (χ0n) is 15.4. The van der Waals surface area contributed by atoms with Gasteiger partial charge in [0.05, 0.1) is 11.3 Å². The number of aromatic nitrogens is 2. The van der Waals surface area contributed by atoms with E-state index in [1.54, 1.807) is 17.5 Å². The first kappa shape index (κ1) is 17.4. The van der Waals surface area contributed by atoms with Crippen LogP contribution in [0.4, 0.5) is 5.69 Å². The molecule has 0 radical (unpaired) electrons. The molecule has 5 aromatic rings. The summed E-state index contributed by atoms with van der Waals surface area (Å²) in [7, 11) is 0. The summed E-state index contributed by atoms with van der Waals surface area (Å²) in [5.74, 6) is -0.136. The number of rotatable bonds is 4. The van der Waals surface area contributed by atoms with Gasteiger partial charge < -0.3 is 10.3 Å². The first-order chi connectivity index (χ1) is 14.3. The summed E-state index contributed by atoms with van der Waals surface area (Å²) >= 11 is 1.61. The summed E-state index contributed by atoms with van der Waals surface area (Å²) in [6.07, 6.45) is 1.75. The van der Waals surface area contributed by atoms with E-state index in [1.807, 2.05) is 72.1 Å². The van der Waals surface area contributed by atoms with E-state index in [1.165, 1.54) is 0 Å². The molecule has 0 aliphatic heterocycles. The van der Waals surface area contributed by atoms with E-state index < -0.39 is 0 Å². The molecule has 0 aliphatic carbocycles. The quantitative estimate of drug-likeness (QED) is 0.380. The Morgan fingerprint density at radius 3 is 2.59 bits per heavy atom. The molecule has 0 unspecified atom stereocenters. The third-order valence-corrected chi connectivity index (χ3v) is 5.67. The van der Waals surface area contributed by atoms with Gasteiger partial charge in [-0.1, -0.05) is 60.7 Å². The second-order valence-corrected chi connectivity index (χ2v) is 7.54. The van der Waals surface area contributed by atoms with E-state index in [0.717, 1.165) is 38.4 Å². The number of thiazole rings is 1. The Balaban J connectivity index is 1.40. The lowest BCUT2D eigenvalue weighted by Crippen LogP contribution is -2.11. The number of fused-ring (bicyclic) bond motifs is 1. The van der Waals surface area contributed by atoms with Crippen molar-refractivity contribution in [3.05, 3.63) is 96.0 Å². The summed E-state index contributed by atoms with van der Waals surface area (Å²) < 4.78 is 0. The van der Waals surface area contributed by atoms with Crippen molar-refractivity contribution >= 4 is 33.8 Å². The van der Waals surface area contributed by atoms with E-state index in [9.17, 15) is 4.79 Å². The lowest BCUT2D eigenvalue weighted by atomic mass is 10.1. The largest absolute Gasteiger partial charge is 0.360 e. The zero-order valence-corrected chi connectivity index (χ0v) is 16.2. The number of hydrogen-bond donors (Lipinski definition) is 2. The van der Waals surface area contributed by atoms with Gasteiger partial charge in [-0.05, 0) is 18.2 Å². The SMILES string of the molecule is O=C(Nc1cccc(-c2csc(-c3ccccc3)n2)c1)c1c[nH]c2ccccc12. The van der Waals surface area contributed by atoms with Gasteiger partial charge in [-0.2, -0.15) is 0 Å². The van der Waals surface area contributed by atoms with Gasteiger partial charge in [0.15, 0.2) is 0 Å². The van der Waals surface area contributed by atoms with Gasteiger partial charge in [0.2, 0.25) is 0 Å². The Morgan fingerprint density at radius 1 is 0.897 bits per heavy atom. The van der Waals surface area contributed by atoms with Crippen molar-refractivity contribution in [1.29, 1.82) is 0 Å². The molecule has 2 N–H and O–H groups in total. The van der Waals surface area contributed by atoms with Crippen LogP contribution in [-0.2, 0) is 0 Å². The minimum absolute atomic E-state index is 0.136. The Labute approximate surface area is 171 Å². The molecule has 29 heavy (non-hydrogen) atoms. The average molecular weight is 395 g/mol. The number of carbonyl (C=O) groups is 1. The van der Waals surface area contributed by atoms with Crippen molar-refractivity contribution in [3.63, 3.8) is 0 Å². The van der Waals surface area contributed by atoms with Gasteiger partial charge in [-0.15, -0.1) is 11.3 Å². The van der Waals surface area contributed by atoms with E-state index in [4.69, 9.17) is 4.98 Å². The third-order valence-electron chi connectivity index (χ3n) is 4.77. The van der Waals surface area contributed by atoms with Crippen LogP contribution in [0.1, 0.15) is 10.4 Å². The van der Waals surface area contributed by atoms with Crippen LogP contribution in [0.2, 0.25) is 0 Å². The maximum absolute atomic E-state index is 12.8. The molecule has 0 fully saturated rings. The number of anilines is 1. The predicted molar refractivity (Wildman–Crippen MR) is 119 cm³/mol. The molecule has 4 nitrogen and oxygen atoms in total. The van der Waals surface area contributed by atoms with Gasteiger partial charge in [0.25, 0.3) is 5.91 Å². The molecule has 1 amide bonds. The Bertz CT molecular complexity index is 1300. The van der Waals surface area contributed by atoms with Crippen molar-refractivity contribution in [2.45, 2.75) is 0 Å². The number of H-pyrrole nitrogens is 1. The van der Waals surface area contributed by atoms with Crippen LogP contribution in [-0.4, -0.2) is 15.9 Å². The minimum Gasteiger partial charge on any atom is -0.360 e. The molecule has 3 aromatic carbocycles. The number of amides is 1. The number of benzene rings is 3. The van der Waals surface area contributed by atoms with Crippen molar-refractivity contribution in [1.82, 2.24) is 9.97 Å². The maximum atomic E-state index is 12.8. The number of nitrogens with zero attached hydrogens (tertiary/aromatic N) is 1. The molecule has 5 heteroatoms. The van der Waals surface area contributed by atoms with Gasteiger partial charge >= 0.3 is 0 Å². The van der Waals surface area contributed by atoms with Gasteiger partial charge in [0, 0.05) is 39.3 Å². The molecule has 0 atom stereocenters. The fourth-order valence-electron chi connectivity index (χ4n) is 3.33. The van der Waals surface area contributed by atoms with Crippen molar-refractivity contribution in [3.8, 4) is 21.8 Å². The number of carbonyl (C=O) groups excluding carboxylic acids is 1. The summed E-state index contributed by atoms with van der Waals surface area (Å²) in [5.41, 5.74) is 5.30. The molecule has 5 rings (SSSR count). The Hall–Kier alpha value is -3.70. The molecule has 0 spiro atoms. The third kappa shape index (κ3) is 3.44. The molecular formula is C24H17N3OS. The predicted octanol–water partition coefficient (Wildman–Crippen LogP) is 6.21. The maximum Gasteiger partial charge on any atom is 0.257 e. The molecule has 0 saturated carbocycles. The smallest absolute Gasteiger partial charge is 0.257 e. The number of nitrogens with one attached hydrogen (secondary N) is 2. The standard InChI is InChI=1S/C24H17N3OS/c28-23(20-14-25-21-12-5-4-11-19(20)21)26-18-10-6-9-17(13-18)22-15-29-24(27-22)16-7-2-1-3-8-16/h1-15,25H,(H,26,28). The fraction of sp³-hybridized carbons (Fsp3) is 0. The Morgan fingerprint density at radius 2 is 1.69 bits per heavy atom. The summed E-state index contributed by atoms with van der Waals surface area (Å²) in [5, 5.41) is 6.94. The lowest BCUT2D eigenvalue weighted by Gasteiger charge is -2.06. The van der Waals surface area contributed by atoms with E-state index in [0.29, 0.717) is 5.56 Å². The van der Waals surface area contributed by atoms with Crippen LogP contribution < -0.4 is 5.32 Å². The zero-order chi connectivity index (χ0) is 19.6. The molecule has 0 bridgehead atoms. The highest BCUT2D eigenvalue weighted by atomic mass is 32.1. The number of hydrogen-bond acceptors (Lipinski definition) is 3. The van der Waals surface area contributed by atoms with E-state index in [2.05, 4.69) is 22.4 Å². The molecule has 2 heterocycles. The highest BCUT2D eigenvalue weighted by Crippen LogP contribution is 2.30. The molecular weight excluding hydrogens is 378 g/mol. The average Bonchev–Trinajstić information content (AvgIpc) is 3.42. The van der Waals surface area contributed by atoms with Crippen LogP contribution in [0.5, 0.6) is 0 Å². The van der Waals surface area contributed by atoms with Gasteiger partial charge in [-0.3, -0.25) is 4.79 Å². The van der Waals surface area contributed by atoms with Gasteiger partial charge in [-0.25, -0.2) is 4.98 Å². The summed E-state index contributed by atoms with van der Waals surface area (Å²) in [6.45, 7) is 0. The van der Waals surface area contributed by atoms with Crippen LogP contribution in [0.25, 0.3) is 32.7 Å². The monoisotopic (exact) mass is 395 g/mol. The highest BCUT2D eigenvalue weighted by molar-refractivity contribution is 7.13. The fourth-order valence-corrected chi connectivity index (χ4v) is 4.17. The minimum atomic E-state index is -0.136. The normalized spacial score (nSPS) is 10.9. The number of para-hydroxylation sites is 1. The molecule has 0 aliphatic rings. The summed E-state index contributed by atoms with van der Waals surface area (Å²) in [4.78, 5) is 20.7. The first-order valence-corrected chi connectivity index (χ1v) is 10.1. The lowest BCUT2D eigenvalue weighted by molar-refractivity contribution is 0.102. The van der Waals surface area contributed by atoms with Crippen LogP contribution in [0.3, 0.4) is 0 Å². The number of aromatic amines is 1. The van der Waals surface area contributed by atoms with Crippen molar-refractivity contribution in [2.24, 2.45) is 0 Å². The first-order valence-electron chi connectivity index (χ1n) is 9.27. The van der Waals surface area contributed by atoms with E-state index in [-0.39, 0.29) is 5.91 Å². The second-order valence-electron chi connectivity index (χ2n) is 6.69. The molecule has 0 saturated heterocycles. The topological polar surface area (TPSA) is 57.8 Å². The van der Waals surface area contributed by atoms with E-state index >= 15 is 0 Å². The van der Waals surface area contributed by atoms with Crippen molar-refractivity contribution < 1.29 is 4.79 Å².